The van der Waals surface area contributed by atoms with Gasteiger partial charge in [0.05, 0.1) is 41.0 Å². The molecule has 0 unspecified atom stereocenters. The average Bonchev–Trinajstić information content (AvgIpc) is 3.19. The Kier molecular flexibility index (Phi) is 8.20. The molecule has 0 radical (unpaired) electrons. The molecule has 0 spiro atoms. The fourth-order valence-corrected chi connectivity index (χ4v) is 4.07. The predicted molar refractivity (Wildman–Crippen MR) is 138 cm³/mol. The van der Waals surface area contributed by atoms with Crippen molar-refractivity contribution in [3.8, 4) is 0 Å². The van der Waals surface area contributed by atoms with Crippen LogP contribution in [-0.2, 0) is 4.74 Å². The van der Waals surface area contributed by atoms with Crippen LogP contribution < -0.4 is 5.56 Å². The van der Waals surface area contributed by atoms with Gasteiger partial charge in [-0.3, -0.25) is 9.89 Å². The molecule has 0 aliphatic heterocycles. The second-order valence-corrected chi connectivity index (χ2v) is 9.51. The van der Waals surface area contributed by atoms with Gasteiger partial charge in [0.25, 0.3) is 5.56 Å². The number of rotatable bonds is 8. The first-order valence-corrected chi connectivity index (χ1v) is 12.4. The molecule has 1 aromatic heterocycles. The highest BCUT2D eigenvalue weighted by Gasteiger charge is 2.20. The lowest BCUT2D eigenvalue weighted by Gasteiger charge is -2.21. The summed E-state index contributed by atoms with van der Waals surface area (Å²) in [7, 11) is 0. The van der Waals surface area contributed by atoms with E-state index in [1.165, 1.54) is 6.42 Å². The highest BCUT2D eigenvalue weighted by atomic mass is 16.5. The normalized spacial score (nSPS) is 14.8. The van der Waals surface area contributed by atoms with E-state index in [0.29, 0.717) is 34.9 Å². The van der Waals surface area contributed by atoms with Crippen LogP contribution in [0.25, 0.3) is 0 Å². The quantitative estimate of drug-likeness (QED) is 0.259. The van der Waals surface area contributed by atoms with Crippen molar-refractivity contribution in [2.24, 2.45) is 26.4 Å². The molecular formula is C27H32N6O3. The Labute approximate surface area is 210 Å². The van der Waals surface area contributed by atoms with Crippen LogP contribution >= 0.6 is 0 Å². The molecule has 9 heteroatoms. The summed E-state index contributed by atoms with van der Waals surface area (Å²) in [4.78, 5) is 24.8. The third kappa shape index (κ3) is 6.41. The zero-order chi connectivity index (χ0) is 25.5. The van der Waals surface area contributed by atoms with Gasteiger partial charge in [-0.25, -0.2) is 9.48 Å². The first-order chi connectivity index (χ1) is 17.4. The Hall–Kier alpha value is -3.88. The van der Waals surface area contributed by atoms with Gasteiger partial charge >= 0.3 is 5.97 Å². The largest absolute Gasteiger partial charge is 0.462 e. The van der Waals surface area contributed by atoms with Gasteiger partial charge in [0.15, 0.2) is 5.69 Å². The van der Waals surface area contributed by atoms with E-state index in [9.17, 15) is 9.59 Å². The topological polar surface area (TPSA) is 114 Å². The molecule has 1 fully saturated rings. The number of aryl methyl sites for hydroxylation is 1. The average molecular weight is 489 g/mol. The molecule has 0 saturated heterocycles. The maximum Gasteiger partial charge on any atom is 0.338 e. The molecule has 1 aliphatic carbocycles. The van der Waals surface area contributed by atoms with Crippen molar-refractivity contribution in [2.45, 2.75) is 58.9 Å². The molecule has 1 N–H and O–H groups in total. The summed E-state index contributed by atoms with van der Waals surface area (Å²) in [5, 5.41) is 20.1. The summed E-state index contributed by atoms with van der Waals surface area (Å²) in [6.07, 6.45) is 5.55. The van der Waals surface area contributed by atoms with Crippen LogP contribution in [0.15, 0.2) is 73.8 Å². The maximum absolute atomic E-state index is 12.8. The van der Waals surface area contributed by atoms with Crippen LogP contribution in [0, 0.1) is 12.8 Å². The number of aromatic nitrogens is 2. The minimum Gasteiger partial charge on any atom is -0.462 e. The van der Waals surface area contributed by atoms with Crippen molar-refractivity contribution in [3.63, 3.8) is 0 Å². The number of H-pyrrole nitrogens is 1. The zero-order valence-corrected chi connectivity index (χ0v) is 21.0. The number of nitrogens with zero attached hydrogens (tertiary/aromatic N) is 5. The molecule has 1 aliphatic rings. The molecule has 4 rings (SSSR count). The van der Waals surface area contributed by atoms with Gasteiger partial charge in [-0.05, 0) is 74.2 Å². The number of nitrogens with one attached hydrogen (secondary N) is 1. The van der Waals surface area contributed by atoms with E-state index < -0.39 is 0 Å². The molecule has 9 nitrogen and oxygen atoms in total. The van der Waals surface area contributed by atoms with Gasteiger partial charge in [-0.2, -0.15) is 15.3 Å². The molecule has 2 aromatic carbocycles. The Bertz CT molecular complexity index is 1280. The fourth-order valence-electron chi connectivity index (χ4n) is 4.07. The number of hydrogen-bond donors (Lipinski definition) is 1. The zero-order valence-electron chi connectivity index (χ0n) is 21.0. The summed E-state index contributed by atoms with van der Waals surface area (Å²) in [5.74, 6) is -0.0606. The van der Waals surface area contributed by atoms with Gasteiger partial charge in [0.2, 0.25) is 0 Å². The lowest BCUT2D eigenvalue weighted by Crippen LogP contribution is -2.24. The van der Waals surface area contributed by atoms with Crippen molar-refractivity contribution >= 4 is 28.7 Å². The second-order valence-electron chi connectivity index (χ2n) is 9.51. The lowest BCUT2D eigenvalue weighted by molar-refractivity contribution is 0.0459. The van der Waals surface area contributed by atoms with E-state index in [1.54, 1.807) is 53.2 Å². The molecule has 3 aromatic rings. The van der Waals surface area contributed by atoms with Crippen molar-refractivity contribution in [1.29, 1.82) is 0 Å². The Morgan fingerprint density at radius 3 is 2.00 bits per heavy atom. The van der Waals surface area contributed by atoms with Crippen LogP contribution in [0.4, 0.5) is 22.7 Å². The van der Waals surface area contributed by atoms with E-state index >= 15 is 0 Å². The van der Waals surface area contributed by atoms with Crippen molar-refractivity contribution in [1.82, 2.24) is 9.78 Å². The molecule has 188 valence electrons. The summed E-state index contributed by atoms with van der Waals surface area (Å²) >= 11 is 0. The number of aromatic amines is 1. The summed E-state index contributed by atoms with van der Waals surface area (Å²) in [5.41, 5.74) is 3.31. The molecule has 0 amide bonds. The fraction of sp³-hybridized carbons (Fsp3) is 0.407. The minimum absolute atomic E-state index is 0.118. The molecule has 36 heavy (non-hydrogen) atoms. The number of azo groups is 2. The van der Waals surface area contributed by atoms with E-state index in [0.717, 1.165) is 31.4 Å². The van der Waals surface area contributed by atoms with E-state index in [4.69, 9.17) is 4.74 Å². The monoisotopic (exact) mass is 488 g/mol. The van der Waals surface area contributed by atoms with Gasteiger partial charge in [-0.15, -0.1) is 5.11 Å². The van der Waals surface area contributed by atoms with Gasteiger partial charge in [0, 0.05) is 0 Å². The highest BCUT2D eigenvalue weighted by molar-refractivity contribution is 5.89. The summed E-state index contributed by atoms with van der Waals surface area (Å²) < 4.78 is 6.95. The SMILES string of the molecule is Cc1[nH]n(C2CCCCC2)c(=O)c1N=Nc1ccc(N=Nc2ccc(C(=O)OCC(C)C)cc2)cc1. The first kappa shape index (κ1) is 25.2. The summed E-state index contributed by atoms with van der Waals surface area (Å²) in [6, 6.07) is 14.1. The number of carbonyl (C=O) groups is 1. The Morgan fingerprint density at radius 2 is 1.44 bits per heavy atom. The third-order valence-corrected chi connectivity index (χ3v) is 6.05. The number of esters is 1. The van der Waals surface area contributed by atoms with Gasteiger partial charge in [0.1, 0.15) is 0 Å². The molecule has 1 heterocycles. The summed E-state index contributed by atoms with van der Waals surface area (Å²) in [6.45, 7) is 6.21. The number of benzene rings is 2. The highest BCUT2D eigenvalue weighted by Crippen LogP contribution is 2.28. The lowest BCUT2D eigenvalue weighted by atomic mass is 9.96. The number of ether oxygens (including phenoxy) is 1. The van der Waals surface area contributed by atoms with Crippen molar-refractivity contribution < 1.29 is 9.53 Å². The second kappa shape index (κ2) is 11.7. The van der Waals surface area contributed by atoms with E-state index in [2.05, 4.69) is 25.6 Å². The van der Waals surface area contributed by atoms with Crippen LogP contribution in [0.5, 0.6) is 0 Å². The Balaban J connectivity index is 1.37. The van der Waals surface area contributed by atoms with Gasteiger partial charge < -0.3 is 4.74 Å². The van der Waals surface area contributed by atoms with Crippen molar-refractivity contribution in [2.75, 3.05) is 6.61 Å². The van der Waals surface area contributed by atoms with E-state index in [1.807, 2.05) is 20.8 Å². The van der Waals surface area contributed by atoms with Crippen LogP contribution in [0.1, 0.15) is 68.0 Å². The standard InChI is InChI=1S/C27H32N6O3/c1-18(2)17-36-27(35)20-9-11-21(12-10-20)28-29-22-13-15-23(16-14-22)30-31-25-19(3)32-33(26(25)34)24-7-5-4-6-8-24/h9-16,18,24,32H,4-8,17H2,1-3H3. The Morgan fingerprint density at radius 1 is 0.917 bits per heavy atom. The number of hydrogen-bond acceptors (Lipinski definition) is 7. The van der Waals surface area contributed by atoms with E-state index in [-0.39, 0.29) is 23.5 Å². The smallest absolute Gasteiger partial charge is 0.338 e. The van der Waals surface area contributed by atoms with Crippen LogP contribution in [-0.4, -0.2) is 22.4 Å². The van der Waals surface area contributed by atoms with Crippen LogP contribution in [0.3, 0.4) is 0 Å². The molecule has 0 atom stereocenters. The molecular weight excluding hydrogens is 456 g/mol. The first-order valence-electron chi connectivity index (χ1n) is 12.4. The third-order valence-electron chi connectivity index (χ3n) is 6.05. The van der Waals surface area contributed by atoms with Crippen molar-refractivity contribution in [3.05, 3.63) is 70.1 Å². The molecule has 1 saturated carbocycles. The van der Waals surface area contributed by atoms with Gasteiger partial charge in [-0.1, -0.05) is 33.1 Å². The number of carbonyl (C=O) groups excluding carboxylic acids is 1. The minimum atomic E-state index is -0.348. The molecule has 0 bridgehead atoms. The van der Waals surface area contributed by atoms with Crippen LogP contribution in [0.2, 0.25) is 0 Å². The maximum atomic E-state index is 12.8. The predicted octanol–water partition coefficient (Wildman–Crippen LogP) is 7.63.